The fourth-order valence-electron chi connectivity index (χ4n) is 2.09. The molecular formula is C10H18O10S2. The predicted molar refractivity (Wildman–Crippen MR) is 70.8 cm³/mol. The Bertz CT molecular complexity index is 519. The molecule has 0 radical (unpaired) electrons. The highest BCUT2D eigenvalue weighted by atomic mass is 32.2. The topological polar surface area (TPSA) is 124 Å². The van der Waals surface area contributed by atoms with Gasteiger partial charge in [0.15, 0.2) is 0 Å². The van der Waals surface area contributed by atoms with Crippen LogP contribution in [0.25, 0.3) is 0 Å². The van der Waals surface area contributed by atoms with E-state index >= 15 is 0 Å². The summed E-state index contributed by atoms with van der Waals surface area (Å²) in [6.07, 6.45) is -0.815. The Morgan fingerprint density at radius 2 is 1.14 bits per heavy atom. The van der Waals surface area contributed by atoms with Crippen LogP contribution in [-0.2, 0) is 47.5 Å². The van der Waals surface area contributed by atoms with Gasteiger partial charge in [0.25, 0.3) is 20.2 Å². The lowest BCUT2D eigenvalue weighted by Gasteiger charge is -2.24. The molecule has 130 valence electrons. The van der Waals surface area contributed by atoms with Crippen molar-refractivity contribution in [2.45, 2.75) is 24.4 Å². The summed E-state index contributed by atoms with van der Waals surface area (Å²) < 4.78 is 74.8. The van der Waals surface area contributed by atoms with Gasteiger partial charge >= 0.3 is 0 Å². The normalized spacial score (nSPS) is 33.4. The summed E-state index contributed by atoms with van der Waals surface area (Å²) in [6.45, 7) is -0.573. The molecule has 0 amide bonds. The first kappa shape index (κ1) is 18.0. The fraction of sp³-hybridized carbons (Fsp3) is 1.00. The fourth-order valence-corrected chi connectivity index (χ4v) is 2.86. The van der Waals surface area contributed by atoms with E-state index in [1.807, 2.05) is 0 Å². The molecule has 22 heavy (non-hydrogen) atoms. The van der Waals surface area contributed by atoms with Gasteiger partial charge in [0.05, 0.1) is 25.7 Å². The van der Waals surface area contributed by atoms with Gasteiger partial charge in [0.1, 0.15) is 38.0 Å². The largest absolute Gasteiger partial charge is 0.347 e. The molecule has 4 atom stereocenters. The molecule has 0 aliphatic carbocycles. The summed E-state index contributed by atoms with van der Waals surface area (Å²) in [5.74, 6) is 0. The van der Waals surface area contributed by atoms with Crippen LogP contribution in [-0.4, -0.2) is 80.6 Å². The van der Waals surface area contributed by atoms with E-state index in [0.717, 1.165) is 12.5 Å². The number of hydrogen-bond acceptors (Lipinski definition) is 10. The van der Waals surface area contributed by atoms with Crippen LogP contribution >= 0.6 is 0 Å². The molecule has 2 aliphatic heterocycles. The molecule has 0 spiro atoms. The van der Waals surface area contributed by atoms with Crippen LogP contribution < -0.4 is 0 Å². The molecule has 2 heterocycles. The van der Waals surface area contributed by atoms with E-state index in [9.17, 15) is 16.8 Å². The molecule has 10 nitrogen and oxygen atoms in total. The van der Waals surface area contributed by atoms with E-state index in [4.69, 9.17) is 27.3 Å². The summed E-state index contributed by atoms with van der Waals surface area (Å²) in [6, 6.07) is 0. The van der Waals surface area contributed by atoms with Crippen LogP contribution in [0.5, 0.6) is 0 Å². The molecule has 0 aromatic heterocycles. The molecule has 0 aromatic rings. The van der Waals surface area contributed by atoms with Crippen LogP contribution in [0.1, 0.15) is 0 Å². The summed E-state index contributed by atoms with van der Waals surface area (Å²) >= 11 is 0. The first-order valence-corrected chi connectivity index (χ1v) is 9.94. The highest BCUT2D eigenvalue weighted by Crippen LogP contribution is 2.26. The third-order valence-electron chi connectivity index (χ3n) is 3.03. The second-order valence-electron chi connectivity index (χ2n) is 4.89. The second-order valence-corrected chi connectivity index (χ2v) is 8.17. The van der Waals surface area contributed by atoms with Crippen LogP contribution in [0.15, 0.2) is 0 Å². The van der Waals surface area contributed by atoms with Crippen molar-refractivity contribution in [3.05, 3.63) is 0 Å². The van der Waals surface area contributed by atoms with Gasteiger partial charge in [-0.2, -0.15) is 16.8 Å². The predicted octanol–water partition coefficient (Wildman–Crippen LogP) is -1.58. The van der Waals surface area contributed by atoms with Crippen molar-refractivity contribution in [2.75, 3.05) is 39.3 Å². The van der Waals surface area contributed by atoms with E-state index in [1.54, 1.807) is 0 Å². The summed E-state index contributed by atoms with van der Waals surface area (Å²) in [5, 5.41) is 0. The van der Waals surface area contributed by atoms with Gasteiger partial charge < -0.3 is 18.9 Å². The Hall–Kier alpha value is -0.340. The van der Waals surface area contributed by atoms with E-state index in [2.05, 4.69) is 0 Å². The lowest BCUT2D eigenvalue weighted by atomic mass is 10.0. The summed E-state index contributed by atoms with van der Waals surface area (Å²) in [5.41, 5.74) is 0. The zero-order valence-corrected chi connectivity index (χ0v) is 13.7. The van der Waals surface area contributed by atoms with Crippen molar-refractivity contribution in [1.82, 2.24) is 0 Å². The maximum Gasteiger partial charge on any atom is 0.264 e. The minimum atomic E-state index is -3.61. The summed E-state index contributed by atoms with van der Waals surface area (Å²) in [4.78, 5) is 0. The first-order valence-electron chi connectivity index (χ1n) is 6.31. The van der Waals surface area contributed by atoms with Crippen molar-refractivity contribution >= 4 is 20.2 Å². The quantitative estimate of drug-likeness (QED) is 0.490. The smallest absolute Gasteiger partial charge is 0.264 e. The van der Waals surface area contributed by atoms with E-state index in [0.29, 0.717) is 0 Å². The standard InChI is InChI=1S/C10H18O10S2/c1-21(11,12)19-3-7-9(17-5-15-7)10-8(16-6-18-10)4-20-22(2,13)14/h7-10H,3-6H2,1-2H3. The summed E-state index contributed by atoms with van der Waals surface area (Å²) in [7, 11) is -7.23. The van der Waals surface area contributed by atoms with Crippen LogP contribution in [0.2, 0.25) is 0 Å². The molecule has 2 aliphatic rings. The Labute approximate surface area is 128 Å². The molecule has 0 saturated carbocycles. The molecule has 4 unspecified atom stereocenters. The maximum atomic E-state index is 11.0. The minimum Gasteiger partial charge on any atom is -0.347 e. The Kier molecular flexibility index (Phi) is 5.77. The van der Waals surface area contributed by atoms with Gasteiger partial charge in [0.2, 0.25) is 0 Å². The molecule has 0 aromatic carbocycles. The highest BCUT2D eigenvalue weighted by Gasteiger charge is 2.45. The third-order valence-corrected chi connectivity index (χ3v) is 4.16. The third kappa shape index (κ3) is 5.38. The molecular weight excluding hydrogens is 344 g/mol. The zero-order chi connectivity index (χ0) is 16.4. The lowest BCUT2D eigenvalue weighted by molar-refractivity contribution is -0.0359. The van der Waals surface area contributed by atoms with Gasteiger partial charge in [-0.15, -0.1) is 0 Å². The van der Waals surface area contributed by atoms with Crippen molar-refractivity contribution in [2.24, 2.45) is 0 Å². The SMILES string of the molecule is CS(=O)(=O)OCC1OCOC1C1OCOC1COS(C)(=O)=O. The molecule has 2 saturated heterocycles. The Morgan fingerprint density at radius 1 is 0.773 bits per heavy atom. The molecule has 2 rings (SSSR count). The minimum absolute atomic E-state index is 0.0536. The van der Waals surface area contributed by atoms with Gasteiger partial charge in [-0.1, -0.05) is 0 Å². The van der Waals surface area contributed by atoms with E-state index in [1.165, 1.54) is 0 Å². The van der Waals surface area contributed by atoms with E-state index in [-0.39, 0.29) is 26.8 Å². The van der Waals surface area contributed by atoms with Gasteiger partial charge in [-0.25, -0.2) is 0 Å². The molecule has 12 heteroatoms. The molecule has 0 bridgehead atoms. The van der Waals surface area contributed by atoms with Crippen LogP contribution in [0, 0.1) is 0 Å². The van der Waals surface area contributed by atoms with Crippen molar-refractivity contribution in [3.63, 3.8) is 0 Å². The van der Waals surface area contributed by atoms with Gasteiger partial charge in [-0.05, 0) is 0 Å². The average molecular weight is 362 g/mol. The lowest BCUT2D eigenvalue weighted by Crippen LogP contribution is -2.45. The maximum absolute atomic E-state index is 11.0. The monoisotopic (exact) mass is 362 g/mol. The molecule has 0 N–H and O–H groups in total. The number of rotatable bonds is 7. The van der Waals surface area contributed by atoms with Gasteiger partial charge in [-0.3, -0.25) is 8.37 Å². The van der Waals surface area contributed by atoms with Gasteiger partial charge in [0, 0.05) is 0 Å². The van der Waals surface area contributed by atoms with Crippen LogP contribution in [0.3, 0.4) is 0 Å². The number of hydrogen-bond donors (Lipinski definition) is 0. The van der Waals surface area contributed by atoms with Crippen LogP contribution in [0.4, 0.5) is 0 Å². The second kappa shape index (κ2) is 7.05. The van der Waals surface area contributed by atoms with Crippen molar-refractivity contribution in [1.29, 1.82) is 0 Å². The first-order chi connectivity index (χ1) is 10.2. The highest BCUT2D eigenvalue weighted by molar-refractivity contribution is 7.86. The van der Waals surface area contributed by atoms with Crippen molar-refractivity contribution in [3.8, 4) is 0 Å². The number of ether oxygens (including phenoxy) is 4. The Balaban J connectivity index is 1.95. The average Bonchev–Trinajstić information content (AvgIpc) is 3.00. The Morgan fingerprint density at radius 3 is 1.45 bits per heavy atom. The zero-order valence-electron chi connectivity index (χ0n) is 12.0. The molecule has 2 fully saturated rings. The van der Waals surface area contributed by atoms with E-state index < -0.39 is 44.7 Å². The van der Waals surface area contributed by atoms with Crippen molar-refractivity contribution < 1.29 is 44.1 Å².